The van der Waals surface area contributed by atoms with E-state index in [2.05, 4.69) is 10.2 Å². The number of nitrogens with one attached hydrogen (secondary N) is 1. The largest absolute Gasteiger partial charge is 0.488 e. The number of halogens is 4. The predicted octanol–water partition coefficient (Wildman–Crippen LogP) is 3.39. The summed E-state index contributed by atoms with van der Waals surface area (Å²) in [5, 5.41) is 22.4. The third kappa shape index (κ3) is 5.32. The highest BCUT2D eigenvalue weighted by Crippen LogP contribution is 2.41. The summed E-state index contributed by atoms with van der Waals surface area (Å²) < 4.78 is 57.3. The Labute approximate surface area is 213 Å². The zero-order valence-electron chi connectivity index (χ0n) is 20.2. The first-order valence-corrected chi connectivity index (χ1v) is 12.4. The minimum absolute atomic E-state index is 0.0266. The van der Waals surface area contributed by atoms with E-state index in [1.165, 1.54) is 30.3 Å². The average molecular weight is 513 g/mol. The van der Waals surface area contributed by atoms with Crippen molar-refractivity contribution in [2.24, 2.45) is 0 Å². The van der Waals surface area contributed by atoms with Crippen molar-refractivity contribution in [1.82, 2.24) is 4.90 Å². The fourth-order valence-corrected chi connectivity index (χ4v) is 5.32. The lowest BCUT2D eigenvalue weighted by Gasteiger charge is -2.41. The third-order valence-electron chi connectivity index (χ3n) is 7.14. The van der Waals surface area contributed by atoms with Gasteiger partial charge in [0.25, 0.3) is 0 Å². The van der Waals surface area contributed by atoms with E-state index >= 15 is 8.78 Å². The molecule has 1 saturated heterocycles. The van der Waals surface area contributed by atoms with Gasteiger partial charge in [0.15, 0.2) is 0 Å². The van der Waals surface area contributed by atoms with Crippen LogP contribution >= 0.6 is 0 Å². The summed E-state index contributed by atoms with van der Waals surface area (Å²) >= 11 is 0. The van der Waals surface area contributed by atoms with Gasteiger partial charge in [-0.05, 0) is 65.8 Å². The molecular formula is C27H28BF4N3O2. The summed E-state index contributed by atoms with van der Waals surface area (Å²) in [5.74, 6) is -1.84. The van der Waals surface area contributed by atoms with Gasteiger partial charge in [0, 0.05) is 37.6 Å². The van der Waals surface area contributed by atoms with Crippen LogP contribution in [0.3, 0.4) is 0 Å². The van der Waals surface area contributed by atoms with Crippen LogP contribution in [0.25, 0.3) is 0 Å². The summed E-state index contributed by atoms with van der Waals surface area (Å²) in [5.41, 5.74) is 2.52. The van der Waals surface area contributed by atoms with Crippen LogP contribution < -0.4 is 15.7 Å². The zero-order chi connectivity index (χ0) is 26.1. The van der Waals surface area contributed by atoms with Crippen LogP contribution in [-0.2, 0) is 6.42 Å². The van der Waals surface area contributed by atoms with Gasteiger partial charge in [-0.2, -0.15) is 0 Å². The van der Waals surface area contributed by atoms with Crippen LogP contribution in [0.15, 0.2) is 54.6 Å². The maximum absolute atomic E-state index is 15.7. The van der Waals surface area contributed by atoms with Crippen molar-refractivity contribution in [3.8, 4) is 0 Å². The highest BCUT2D eigenvalue weighted by molar-refractivity contribution is 6.58. The molecule has 1 fully saturated rings. The molecule has 3 aromatic rings. The molecule has 2 aliphatic rings. The molecule has 0 bridgehead atoms. The molecule has 1 unspecified atom stereocenters. The van der Waals surface area contributed by atoms with Gasteiger partial charge in [0.1, 0.15) is 17.5 Å². The molecule has 3 N–H and O–H groups in total. The fourth-order valence-electron chi connectivity index (χ4n) is 5.32. The number of hydrogen-bond acceptors (Lipinski definition) is 5. The van der Waals surface area contributed by atoms with E-state index in [0.717, 1.165) is 5.56 Å². The Morgan fingerprint density at radius 2 is 1.65 bits per heavy atom. The smallest absolute Gasteiger partial charge is 0.423 e. The van der Waals surface area contributed by atoms with E-state index < -0.39 is 30.6 Å². The van der Waals surface area contributed by atoms with E-state index in [0.29, 0.717) is 61.4 Å². The molecule has 1 atom stereocenters. The van der Waals surface area contributed by atoms with E-state index in [1.54, 1.807) is 24.3 Å². The second-order valence-corrected chi connectivity index (χ2v) is 9.65. The van der Waals surface area contributed by atoms with Gasteiger partial charge in [-0.1, -0.05) is 18.2 Å². The van der Waals surface area contributed by atoms with Crippen LogP contribution in [0.4, 0.5) is 28.9 Å². The lowest BCUT2D eigenvalue weighted by atomic mass is 9.76. The molecule has 5 nitrogen and oxygen atoms in total. The summed E-state index contributed by atoms with van der Waals surface area (Å²) in [6, 6.07) is 12.4. The number of fused-ring (bicyclic) bond motifs is 1. The molecule has 2 heterocycles. The second-order valence-electron chi connectivity index (χ2n) is 9.65. The van der Waals surface area contributed by atoms with Gasteiger partial charge in [-0.15, -0.1) is 0 Å². The summed E-state index contributed by atoms with van der Waals surface area (Å²) in [7, 11) is -1.66. The Morgan fingerprint density at radius 1 is 0.946 bits per heavy atom. The molecule has 194 valence electrons. The minimum atomic E-state index is -1.66. The number of hydrogen-bond donors (Lipinski definition) is 3. The third-order valence-corrected chi connectivity index (χ3v) is 7.14. The lowest BCUT2D eigenvalue weighted by molar-refractivity contribution is 0.155. The number of benzene rings is 3. The first-order chi connectivity index (χ1) is 17.8. The molecule has 0 aliphatic carbocycles. The summed E-state index contributed by atoms with van der Waals surface area (Å²) in [6.45, 7) is 2.04. The Balaban J connectivity index is 1.48. The number of rotatable bonds is 8. The molecular weight excluding hydrogens is 485 g/mol. The first-order valence-electron chi connectivity index (χ1n) is 12.4. The molecule has 2 aliphatic heterocycles. The standard InChI is InChI=1S/C27H28BF4N3O2/c29-9-1-10-34-15-21(16-34)33-20-13-24(31)26(25(32)14-20)27-23-7-2-18(28(36)37)12-17(23)8-11-35(27)22-5-3-19(30)4-6-22/h2-7,12-14,21,27,33,36-37H,1,8-11,15-16H2. The van der Waals surface area contributed by atoms with Crippen molar-refractivity contribution in [2.45, 2.75) is 24.9 Å². The highest BCUT2D eigenvalue weighted by atomic mass is 19.1. The SMILES string of the molecule is OB(O)c1ccc2c(c1)CCN(c1ccc(F)cc1)C2c1c(F)cc(NC2CN(CCCF)C2)cc1F. The molecule has 0 aromatic heterocycles. The van der Waals surface area contributed by atoms with E-state index in [1.807, 2.05) is 4.90 Å². The molecule has 0 amide bonds. The van der Waals surface area contributed by atoms with Gasteiger partial charge in [0.05, 0.1) is 24.3 Å². The number of alkyl halides is 1. The molecule has 5 rings (SSSR count). The monoisotopic (exact) mass is 513 g/mol. The van der Waals surface area contributed by atoms with E-state index in [9.17, 15) is 18.8 Å². The van der Waals surface area contributed by atoms with Gasteiger partial charge in [-0.3, -0.25) is 9.29 Å². The topological polar surface area (TPSA) is 59.0 Å². The summed E-state index contributed by atoms with van der Waals surface area (Å²) in [4.78, 5) is 3.91. The van der Waals surface area contributed by atoms with E-state index in [-0.39, 0.29) is 18.3 Å². The maximum atomic E-state index is 15.7. The van der Waals surface area contributed by atoms with Crippen molar-refractivity contribution in [1.29, 1.82) is 0 Å². The van der Waals surface area contributed by atoms with E-state index in [4.69, 9.17) is 0 Å². The average Bonchev–Trinajstić information content (AvgIpc) is 2.85. The number of likely N-dealkylation sites (tertiary alicyclic amines) is 1. The Kier molecular flexibility index (Phi) is 7.41. The molecule has 0 radical (unpaired) electrons. The Hall–Kier alpha value is -3.08. The zero-order valence-corrected chi connectivity index (χ0v) is 20.2. The Morgan fingerprint density at radius 3 is 2.30 bits per heavy atom. The van der Waals surface area contributed by atoms with Crippen LogP contribution in [0.2, 0.25) is 0 Å². The van der Waals surface area contributed by atoms with Gasteiger partial charge >= 0.3 is 7.12 Å². The van der Waals surface area contributed by atoms with Crippen LogP contribution in [0, 0.1) is 17.5 Å². The molecule has 10 heteroatoms. The molecule has 3 aromatic carbocycles. The molecule has 0 spiro atoms. The number of anilines is 2. The van der Waals surface area contributed by atoms with Crippen LogP contribution in [0.5, 0.6) is 0 Å². The quantitative estimate of drug-likeness (QED) is 0.319. The van der Waals surface area contributed by atoms with Crippen LogP contribution in [-0.4, -0.2) is 61.0 Å². The number of nitrogens with zero attached hydrogens (tertiary/aromatic N) is 2. The second kappa shape index (κ2) is 10.7. The fraction of sp³-hybridized carbons (Fsp3) is 0.333. The molecule has 37 heavy (non-hydrogen) atoms. The van der Waals surface area contributed by atoms with Crippen LogP contribution in [0.1, 0.15) is 29.2 Å². The molecule has 0 saturated carbocycles. The highest BCUT2D eigenvalue weighted by Gasteiger charge is 2.34. The normalized spacial score (nSPS) is 17.9. The van der Waals surface area contributed by atoms with Gasteiger partial charge in [0.2, 0.25) is 0 Å². The van der Waals surface area contributed by atoms with Gasteiger partial charge in [-0.25, -0.2) is 13.2 Å². The maximum Gasteiger partial charge on any atom is 0.488 e. The van der Waals surface area contributed by atoms with Crippen molar-refractivity contribution in [3.63, 3.8) is 0 Å². The van der Waals surface area contributed by atoms with Gasteiger partial charge < -0.3 is 20.3 Å². The lowest BCUT2D eigenvalue weighted by Crippen LogP contribution is -2.54. The van der Waals surface area contributed by atoms with Crippen molar-refractivity contribution >= 4 is 24.0 Å². The van der Waals surface area contributed by atoms with Crippen molar-refractivity contribution < 1.29 is 27.6 Å². The van der Waals surface area contributed by atoms with Crippen molar-refractivity contribution in [3.05, 3.63) is 88.7 Å². The summed E-state index contributed by atoms with van der Waals surface area (Å²) in [6.07, 6.45) is 0.976. The predicted molar refractivity (Wildman–Crippen MR) is 136 cm³/mol. The first kappa shape index (κ1) is 25.6. The minimum Gasteiger partial charge on any atom is -0.423 e. The van der Waals surface area contributed by atoms with Crippen molar-refractivity contribution in [2.75, 3.05) is 43.1 Å². The Bertz CT molecular complexity index is 1230.